The van der Waals surface area contributed by atoms with Crippen molar-refractivity contribution in [3.05, 3.63) is 53.3 Å². The molecule has 1 N–H and O–H groups in total. The third-order valence-corrected chi connectivity index (χ3v) is 5.30. The smallest absolute Gasteiger partial charge is 0.231 e. The van der Waals surface area contributed by atoms with Crippen LogP contribution >= 0.6 is 11.3 Å². The van der Waals surface area contributed by atoms with E-state index in [0.717, 1.165) is 38.7 Å². The minimum Gasteiger partial charge on any atom is -0.454 e. The van der Waals surface area contributed by atoms with Gasteiger partial charge in [0.2, 0.25) is 6.79 Å². The fourth-order valence-corrected chi connectivity index (χ4v) is 3.90. The highest BCUT2D eigenvalue weighted by Gasteiger charge is 2.16. The van der Waals surface area contributed by atoms with Crippen LogP contribution in [0.25, 0.3) is 21.7 Å². The largest absolute Gasteiger partial charge is 0.454 e. The summed E-state index contributed by atoms with van der Waals surface area (Å²) in [5.74, 6) is 2.90. The zero-order chi connectivity index (χ0) is 18.2. The van der Waals surface area contributed by atoms with Crippen molar-refractivity contribution in [2.24, 2.45) is 0 Å². The number of hydrogen-bond acceptors (Lipinski definition) is 8. The number of aryl methyl sites for hydroxylation is 1. The molecule has 1 aromatic carbocycles. The Bertz CT molecular complexity index is 1130. The summed E-state index contributed by atoms with van der Waals surface area (Å²) in [6, 6.07) is 5.93. The van der Waals surface area contributed by atoms with Crippen molar-refractivity contribution in [1.82, 2.24) is 19.9 Å². The van der Waals surface area contributed by atoms with E-state index in [1.54, 1.807) is 29.9 Å². The molecule has 5 rings (SSSR count). The average Bonchev–Trinajstić information content (AvgIpc) is 3.33. The standard InChI is InChI=1S/C19H15N5O2S/c1-11-9-27-19-16(11)18(23-17(24-19)13-8-20-4-5-21-13)22-7-12-2-3-14-15(6-12)26-10-25-14/h2-6,8-9H,7,10H2,1H3,(H,22,23,24). The fraction of sp³-hybridized carbons (Fsp3) is 0.158. The maximum absolute atomic E-state index is 5.46. The molecule has 0 bridgehead atoms. The molecule has 0 unspecified atom stereocenters. The van der Waals surface area contributed by atoms with Crippen LogP contribution in [-0.2, 0) is 6.54 Å². The molecule has 4 heterocycles. The van der Waals surface area contributed by atoms with E-state index in [2.05, 4.69) is 32.6 Å². The van der Waals surface area contributed by atoms with Gasteiger partial charge in [0.1, 0.15) is 16.3 Å². The van der Waals surface area contributed by atoms with Crippen molar-refractivity contribution in [3.8, 4) is 23.0 Å². The van der Waals surface area contributed by atoms with E-state index in [1.807, 2.05) is 18.2 Å². The molecular formula is C19H15N5O2S. The number of ether oxygens (including phenoxy) is 2. The molecule has 0 saturated heterocycles. The van der Waals surface area contributed by atoms with E-state index in [4.69, 9.17) is 14.5 Å². The number of fused-ring (bicyclic) bond motifs is 2. The van der Waals surface area contributed by atoms with Gasteiger partial charge < -0.3 is 14.8 Å². The lowest BCUT2D eigenvalue weighted by Crippen LogP contribution is -2.04. The summed E-state index contributed by atoms with van der Waals surface area (Å²) >= 11 is 1.60. The van der Waals surface area contributed by atoms with Crippen LogP contribution in [0.3, 0.4) is 0 Å². The number of benzene rings is 1. The van der Waals surface area contributed by atoms with Gasteiger partial charge in [0, 0.05) is 18.9 Å². The summed E-state index contributed by atoms with van der Waals surface area (Å²) in [4.78, 5) is 18.7. The number of anilines is 1. The van der Waals surface area contributed by atoms with Crippen LogP contribution in [0.5, 0.6) is 11.5 Å². The fourth-order valence-electron chi connectivity index (χ4n) is 2.98. The van der Waals surface area contributed by atoms with E-state index in [9.17, 15) is 0 Å². The number of aromatic nitrogens is 4. The summed E-state index contributed by atoms with van der Waals surface area (Å²) in [6.07, 6.45) is 4.95. The van der Waals surface area contributed by atoms with E-state index < -0.39 is 0 Å². The molecule has 0 spiro atoms. The topological polar surface area (TPSA) is 82.1 Å². The lowest BCUT2D eigenvalue weighted by molar-refractivity contribution is 0.174. The molecule has 0 aliphatic carbocycles. The number of thiophene rings is 1. The van der Waals surface area contributed by atoms with Gasteiger partial charge in [-0.25, -0.2) is 15.0 Å². The molecule has 1 aliphatic heterocycles. The van der Waals surface area contributed by atoms with Gasteiger partial charge in [-0.3, -0.25) is 4.98 Å². The molecule has 27 heavy (non-hydrogen) atoms. The van der Waals surface area contributed by atoms with Crippen molar-refractivity contribution in [2.75, 3.05) is 12.1 Å². The first-order valence-electron chi connectivity index (χ1n) is 8.42. The van der Waals surface area contributed by atoms with Gasteiger partial charge in [-0.2, -0.15) is 0 Å². The average molecular weight is 377 g/mol. The van der Waals surface area contributed by atoms with Crippen molar-refractivity contribution in [3.63, 3.8) is 0 Å². The molecule has 134 valence electrons. The van der Waals surface area contributed by atoms with Gasteiger partial charge in [-0.15, -0.1) is 11.3 Å². The number of nitrogens with one attached hydrogen (secondary N) is 1. The number of hydrogen-bond donors (Lipinski definition) is 1. The zero-order valence-corrected chi connectivity index (χ0v) is 15.3. The van der Waals surface area contributed by atoms with E-state index >= 15 is 0 Å². The lowest BCUT2D eigenvalue weighted by atomic mass is 10.2. The van der Waals surface area contributed by atoms with Crippen molar-refractivity contribution < 1.29 is 9.47 Å². The Morgan fingerprint density at radius 3 is 2.96 bits per heavy atom. The summed E-state index contributed by atoms with van der Waals surface area (Å²) < 4.78 is 10.8. The van der Waals surface area contributed by atoms with Crippen LogP contribution < -0.4 is 14.8 Å². The predicted octanol–water partition coefficient (Wildman–Crippen LogP) is 3.80. The highest BCUT2D eigenvalue weighted by Crippen LogP contribution is 2.34. The van der Waals surface area contributed by atoms with Crippen LogP contribution in [0, 0.1) is 6.92 Å². The van der Waals surface area contributed by atoms with Gasteiger partial charge in [0.15, 0.2) is 17.3 Å². The maximum Gasteiger partial charge on any atom is 0.231 e. The molecule has 0 saturated carbocycles. The molecule has 3 aromatic heterocycles. The predicted molar refractivity (Wildman–Crippen MR) is 103 cm³/mol. The van der Waals surface area contributed by atoms with Crippen molar-refractivity contribution in [1.29, 1.82) is 0 Å². The Morgan fingerprint density at radius 1 is 1.15 bits per heavy atom. The highest BCUT2D eigenvalue weighted by atomic mass is 32.1. The van der Waals surface area contributed by atoms with E-state index in [0.29, 0.717) is 18.1 Å². The van der Waals surface area contributed by atoms with Crippen molar-refractivity contribution >= 4 is 27.4 Å². The van der Waals surface area contributed by atoms with Crippen LogP contribution in [0.4, 0.5) is 5.82 Å². The lowest BCUT2D eigenvalue weighted by Gasteiger charge is -2.10. The minimum absolute atomic E-state index is 0.272. The second kappa shape index (κ2) is 6.48. The van der Waals surface area contributed by atoms with Gasteiger partial charge in [-0.1, -0.05) is 6.07 Å². The maximum atomic E-state index is 5.46. The Hall–Kier alpha value is -3.26. The molecule has 0 radical (unpaired) electrons. The second-order valence-corrected chi connectivity index (χ2v) is 6.98. The minimum atomic E-state index is 0.272. The Labute approximate surface area is 159 Å². The first kappa shape index (κ1) is 16.0. The SMILES string of the molecule is Cc1csc2nc(-c3cnccn3)nc(NCc3ccc4c(c3)OCO4)c12. The molecule has 7 nitrogen and oxygen atoms in total. The third-order valence-electron chi connectivity index (χ3n) is 4.31. The molecule has 1 aliphatic rings. The van der Waals surface area contributed by atoms with Crippen molar-refractivity contribution in [2.45, 2.75) is 13.5 Å². The van der Waals surface area contributed by atoms with Crippen LogP contribution in [-0.4, -0.2) is 26.7 Å². The van der Waals surface area contributed by atoms with E-state index in [-0.39, 0.29) is 6.79 Å². The molecule has 0 atom stereocenters. The third kappa shape index (κ3) is 2.93. The normalized spacial score (nSPS) is 12.5. The molecule has 0 amide bonds. The van der Waals surface area contributed by atoms with Gasteiger partial charge in [-0.05, 0) is 35.6 Å². The first-order valence-corrected chi connectivity index (χ1v) is 9.30. The Morgan fingerprint density at radius 2 is 2.07 bits per heavy atom. The second-order valence-electron chi connectivity index (χ2n) is 6.13. The monoisotopic (exact) mass is 377 g/mol. The van der Waals surface area contributed by atoms with Crippen LogP contribution in [0.1, 0.15) is 11.1 Å². The first-order chi connectivity index (χ1) is 13.3. The zero-order valence-electron chi connectivity index (χ0n) is 14.5. The van der Waals surface area contributed by atoms with Crippen LogP contribution in [0.2, 0.25) is 0 Å². The molecule has 0 fully saturated rings. The summed E-state index contributed by atoms with van der Waals surface area (Å²) in [5, 5.41) is 6.57. The Kier molecular flexibility index (Phi) is 3.83. The quantitative estimate of drug-likeness (QED) is 0.579. The summed E-state index contributed by atoms with van der Waals surface area (Å²) in [7, 11) is 0. The molecule has 8 heteroatoms. The van der Waals surface area contributed by atoms with E-state index in [1.165, 1.54) is 0 Å². The van der Waals surface area contributed by atoms with Crippen LogP contribution in [0.15, 0.2) is 42.2 Å². The van der Waals surface area contributed by atoms with Gasteiger partial charge in [0.25, 0.3) is 0 Å². The number of nitrogens with zero attached hydrogens (tertiary/aromatic N) is 4. The number of rotatable bonds is 4. The summed E-state index contributed by atoms with van der Waals surface area (Å²) in [6.45, 7) is 2.95. The molecule has 4 aromatic rings. The van der Waals surface area contributed by atoms with Gasteiger partial charge >= 0.3 is 0 Å². The highest BCUT2D eigenvalue weighted by molar-refractivity contribution is 7.17. The molecular weight excluding hydrogens is 362 g/mol. The summed E-state index contributed by atoms with van der Waals surface area (Å²) in [5.41, 5.74) is 2.88. The van der Waals surface area contributed by atoms with Gasteiger partial charge in [0.05, 0.1) is 11.6 Å². The Balaban J connectivity index is 1.50.